The highest BCUT2D eigenvalue weighted by Crippen LogP contribution is 2.18. The molecule has 0 spiro atoms. The van der Waals surface area contributed by atoms with Gasteiger partial charge in [0.1, 0.15) is 0 Å². The second-order valence-electron chi connectivity index (χ2n) is 2.90. The topological polar surface area (TPSA) is 79.0 Å². The number of nitrogen functional groups attached to an aromatic ring is 1. The number of pyridine rings is 1. The molecule has 0 fully saturated rings. The van der Waals surface area contributed by atoms with Gasteiger partial charge in [0.25, 0.3) is 0 Å². The third kappa shape index (κ3) is 1.26. The molecule has 0 radical (unpaired) electrons. The molecule has 2 aromatic rings. The molecule has 1 aromatic carbocycles. The first-order valence-electron chi connectivity index (χ1n) is 4.05. The molecule has 14 heavy (non-hydrogen) atoms. The smallest absolute Gasteiger partial charge is 0.0900 e. The minimum Gasteiger partial charge on any atom is -0.543 e. The highest BCUT2D eigenvalue weighted by molar-refractivity contribution is 5.93. The van der Waals surface area contributed by atoms with Gasteiger partial charge in [0.2, 0.25) is 0 Å². The molecular weight excluding hydrogens is 180 g/mol. The van der Waals surface area contributed by atoms with Crippen LogP contribution in [0.5, 0.6) is 0 Å². The van der Waals surface area contributed by atoms with Crippen LogP contribution in [0.2, 0.25) is 0 Å². The summed E-state index contributed by atoms with van der Waals surface area (Å²) in [5.74, 6) is -1.28. The molecule has 0 atom stereocenters. The van der Waals surface area contributed by atoms with E-state index in [1.807, 2.05) is 0 Å². The van der Waals surface area contributed by atoms with Crippen molar-refractivity contribution in [2.24, 2.45) is 0 Å². The molecule has 0 amide bonds. The van der Waals surface area contributed by atoms with Crippen LogP contribution in [0.15, 0.2) is 30.3 Å². The van der Waals surface area contributed by atoms with Gasteiger partial charge in [-0.2, -0.15) is 0 Å². The SMILES string of the molecule is Nc1cccc2nc(C(=O)[O-])ccc12. The number of carboxylic acid groups (broad SMARTS) is 1. The molecule has 4 heteroatoms. The Morgan fingerprint density at radius 1 is 1.29 bits per heavy atom. The monoisotopic (exact) mass is 187 g/mol. The predicted octanol–water partition coefficient (Wildman–Crippen LogP) is 0.180. The molecule has 0 saturated carbocycles. The van der Waals surface area contributed by atoms with E-state index >= 15 is 0 Å². The van der Waals surface area contributed by atoms with Crippen LogP contribution in [0, 0.1) is 0 Å². The van der Waals surface area contributed by atoms with Gasteiger partial charge in [-0.05, 0) is 24.3 Å². The van der Waals surface area contributed by atoms with Crippen LogP contribution in [0.25, 0.3) is 10.9 Å². The zero-order valence-corrected chi connectivity index (χ0v) is 7.23. The molecule has 70 valence electrons. The van der Waals surface area contributed by atoms with Crippen molar-refractivity contribution in [3.63, 3.8) is 0 Å². The number of rotatable bonds is 1. The summed E-state index contributed by atoms with van der Waals surface area (Å²) in [6.07, 6.45) is 0. The van der Waals surface area contributed by atoms with Gasteiger partial charge in [-0.15, -0.1) is 0 Å². The Morgan fingerprint density at radius 3 is 2.79 bits per heavy atom. The van der Waals surface area contributed by atoms with Gasteiger partial charge in [-0.25, -0.2) is 4.98 Å². The number of hydrogen-bond donors (Lipinski definition) is 1. The normalized spacial score (nSPS) is 10.3. The fraction of sp³-hybridized carbons (Fsp3) is 0. The van der Waals surface area contributed by atoms with Gasteiger partial charge in [0.15, 0.2) is 0 Å². The molecular formula is C10H7N2O2-. The van der Waals surface area contributed by atoms with E-state index in [1.54, 1.807) is 24.3 Å². The van der Waals surface area contributed by atoms with Crippen LogP contribution in [-0.4, -0.2) is 11.0 Å². The predicted molar refractivity (Wildman–Crippen MR) is 50.5 cm³/mol. The van der Waals surface area contributed by atoms with Crippen molar-refractivity contribution in [1.82, 2.24) is 4.98 Å². The van der Waals surface area contributed by atoms with Crippen molar-refractivity contribution in [2.75, 3.05) is 5.73 Å². The molecule has 1 aromatic heterocycles. The number of fused-ring (bicyclic) bond motifs is 1. The third-order valence-corrected chi connectivity index (χ3v) is 1.97. The van der Waals surface area contributed by atoms with E-state index in [9.17, 15) is 9.90 Å². The van der Waals surface area contributed by atoms with Crippen LogP contribution < -0.4 is 10.8 Å². The highest BCUT2D eigenvalue weighted by Gasteiger charge is 2.00. The molecule has 0 saturated heterocycles. The number of aromatic nitrogens is 1. The lowest BCUT2D eigenvalue weighted by atomic mass is 10.1. The summed E-state index contributed by atoms with van der Waals surface area (Å²) in [4.78, 5) is 14.4. The van der Waals surface area contributed by atoms with E-state index in [0.29, 0.717) is 11.2 Å². The summed E-state index contributed by atoms with van der Waals surface area (Å²) >= 11 is 0. The zero-order valence-electron chi connectivity index (χ0n) is 7.23. The number of aromatic carboxylic acids is 1. The first-order valence-corrected chi connectivity index (χ1v) is 4.05. The average Bonchev–Trinajstić information content (AvgIpc) is 2.17. The lowest BCUT2D eigenvalue weighted by Crippen LogP contribution is -2.23. The van der Waals surface area contributed by atoms with E-state index < -0.39 is 5.97 Å². The maximum atomic E-state index is 10.5. The van der Waals surface area contributed by atoms with Crippen molar-refractivity contribution in [3.8, 4) is 0 Å². The Morgan fingerprint density at radius 2 is 2.07 bits per heavy atom. The van der Waals surface area contributed by atoms with Crippen molar-refractivity contribution in [2.45, 2.75) is 0 Å². The van der Waals surface area contributed by atoms with Crippen molar-refractivity contribution in [1.29, 1.82) is 0 Å². The average molecular weight is 187 g/mol. The van der Waals surface area contributed by atoms with Gasteiger partial charge < -0.3 is 15.6 Å². The number of benzene rings is 1. The Balaban J connectivity index is 2.73. The Hall–Kier alpha value is -2.10. The van der Waals surface area contributed by atoms with E-state index in [4.69, 9.17) is 5.73 Å². The largest absolute Gasteiger partial charge is 0.543 e. The second-order valence-corrected chi connectivity index (χ2v) is 2.90. The van der Waals surface area contributed by atoms with Crippen LogP contribution in [0.3, 0.4) is 0 Å². The summed E-state index contributed by atoms with van der Waals surface area (Å²) in [5, 5.41) is 11.3. The summed E-state index contributed by atoms with van der Waals surface area (Å²) in [7, 11) is 0. The molecule has 2 rings (SSSR count). The molecule has 0 unspecified atom stereocenters. The number of anilines is 1. The fourth-order valence-corrected chi connectivity index (χ4v) is 1.29. The van der Waals surface area contributed by atoms with Crippen molar-refractivity contribution in [3.05, 3.63) is 36.0 Å². The quantitative estimate of drug-likeness (QED) is 0.646. The van der Waals surface area contributed by atoms with Gasteiger partial charge in [-0.1, -0.05) is 6.07 Å². The maximum Gasteiger partial charge on any atom is 0.0900 e. The summed E-state index contributed by atoms with van der Waals surface area (Å²) in [6.45, 7) is 0. The first-order chi connectivity index (χ1) is 6.68. The van der Waals surface area contributed by atoms with E-state index in [2.05, 4.69) is 4.98 Å². The van der Waals surface area contributed by atoms with Crippen LogP contribution in [0.1, 0.15) is 10.5 Å². The molecule has 2 N–H and O–H groups in total. The molecule has 1 heterocycles. The van der Waals surface area contributed by atoms with Crippen LogP contribution in [-0.2, 0) is 0 Å². The Labute approximate surface area is 80.0 Å². The lowest BCUT2D eigenvalue weighted by Gasteiger charge is -2.04. The number of nitrogens with two attached hydrogens (primary N) is 1. The molecule has 0 bridgehead atoms. The highest BCUT2D eigenvalue weighted by atomic mass is 16.4. The number of carbonyl (C=O) groups excluding carboxylic acids is 1. The van der Waals surface area contributed by atoms with Crippen LogP contribution in [0.4, 0.5) is 5.69 Å². The standard InChI is InChI=1S/C10H8N2O2/c11-7-2-1-3-8-6(7)4-5-9(12-8)10(13)14/h1-5H,11H2,(H,13,14)/p-1. The Kier molecular flexibility index (Phi) is 1.81. The first kappa shape index (κ1) is 8.50. The van der Waals surface area contributed by atoms with E-state index in [1.165, 1.54) is 6.07 Å². The van der Waals surface area contributed by atoms with Gasteiger partial charge in [0.05, 0.1) is 17.2 Å². The van der Waals surface area contributed by atoms with Gasteiger partial charge in [-0.3, -0.25) is 0 Å². The maximum absolute atomic E-state index is 10.5. The van der Waals surface area contributed by atoms with Gasteiger partial charge >= 0.3 is 0 Å². The number of carboxylic acids is 1. The van der Waals surface area contributed by atoms with Crippen LogP contribution >= 0.6 is 0 Å². The summed E-state index contributed by atoms with van der Waals surface area (Å²) in [5.41, 5.74) is 6.74. The zero-order chi connectivity index (χ0) is 10.1. The van der Waals surface area contributed by atoms with E-state index in [-0.39, 0.29) is 5.69 Å². The number of carbonyl (C=O) groups is 1. The number of nitrogens with zero attached hydrogens (tertiary/aromatic N) is 1. The summed E-state index contributed by atoms with van der Waals surface area (Å²) < 4.78 is 0. The number of hydrogen-bond acceptors (Lipinski definition) is 4. The van der Waals surface area contributed by atoms with Gasteiger partial charge in [0, 0.05) is 11.1 Å². The van der Waals surface area contributed by atoms with Crippen molar-refractivity contribution >= 4 is 22.6 Å². The second kappa shape index (κ2) is 2.99. The lowest BCUT2D eigenvalue weighted by molar-refractivity contribution is -0.255. The van der Waals surface area contributed by atoms with Crippen molar-refractivity contribution < 1.29 is 9.90 Å². The minimum absolute atomic E-state index is 0.0805. The summed E-state index contributed by atoms with van der Waals surface area (Å²) in [6, 6.07) is 8.18. The fourth-order valence-electron chi connectivity index (χ4n) is 1.29. The molecule has 0 aliphatic rings. The molecule has 0 aliphatic heterocycles. The Bertz CT molecular complexity index is 508. The molecule has 4 nitrogen and oxygen atoms in total. The third-order valence-electron chi connectivity index (χ3n) is 1.97. The minimum atomic E-state index is -1.28. The van der Waals surface area contributed by atoms with E-state index in [0.717, 1.165) is 5.39 Å². The molecule has 0 aliphatic carbocycles.